The predicted molar refractivity (Wildman–Crippen MR) is 81.4 cm³/mol. The zero-order chi connectivity index (χ0) is 14.7. The van der Waals surface area contributed by atoms with E-state index in [1.165, 1.54) is 0 Å². The highest BCUT2D eigenvalue weighted by Crippen LogP contribution is 2.26. The van der Waals surface area contributed by atoms with Gasteiger partial charge < -0.3 is 21.4 Å². The number of quaternary nitrogens is 2. The molecule has 0 amide bonds. The van der Waals surface area contributed by atoms with Gasteiger partial charge in [0.05, 0.1) is 0 Å². The lowest BCUT2D eigenvalue weighted by atomic mass is 9.84. The molecule has 8 heteroatoms. The Hall–Kier alpha value is -2.23. The van der Waals surface area contributed by atoms with Gasteiger partial charge in [-0.05, 0) is 0 Å². The third-order valence-electron chi connectivity index (χ3n) is 2.83. The van der Waals surface area contributed by atoms with Gasteiger partial charge in [0.15, 0.2) is 11.6 Å². The summed E-state index contributed by atoms with van der Waals surface area (Å²) in [7, 11) is 0. The molecule has 118 valence electrons. The number of carbonyl (C=O) groups excluding carboxylic acids is 2. The van der Waals surface area contributed by atoms with Crippen LogP contribution in [0.3, 0.4) is 0 Å². The number of ketones is 2. The van der Waals surface area contributed by atoms with Crippen LogP contribution in [0.5, 0.6) is 0 Å². The van der Waals surface area contributed by atoms with Crippen LogP contribution in [0.1, 0.15) is 31.8 Å². The highest BCUT2D eigenvalue weighted by molar-refractivity contribution is 7.72. The molecular formula is C14H16N2O5S. The van der Waals surface area contributed by atoms with E-state index in [9.17, 15) is 9.59 Å². The van der Waals surface area contributed by atoms with E-state index in [0.717, 1.165) is 0 Å². The third-order valence-corrected chi connectivity index (χ3v) is 2.83. The zero-order valence-electron chi connectivity index (χ0n) is 12.1. The van der Waals surface area contributed by atoms with Crippen LogP contribution in [0.15, 0.2) is 48.5 Å². The predicted octanol–water partition coefficient (Wildman–Crippen LogP) is 2.21. The van der Waals surface area contributed by atoms with E-state index in [0.29, 0.717) is 22.3 Å². The second kappa shape index (κ2) is 8.27. The van der Waals surface area contributed by atoms with Crippen molar-refractivity contribution in [3.05, 3.63) is 70.8 Å². The van der Waals surface area contributed by atoms with Crippen LogP contribution < -0.4 is 12.3 Å². The summed E-state index contributed by atoms with van der Waals surface area (Å²) < 4.78 is 25.3. The van der Waals surface area contributed by atoms with E-state index in [1.807, 2.05) is 0 Å². The fraction of sp³-hybridized carbons (Fsp3) is 0. The van der Waals surface area contributed by atoms with Crippen molar-refractivity contribution in [3.63, 3.8) is 0 Å². The summed E-state index contributed by atoms with van der Waals surface area (Å²) >= 11 is -3.11. The summed E-state index contributed by atoms with van der Waals surface area (Å²) in [4.78, 5) is 24.2. The van der Waals surface area contributed by atoms with Gasteiger partial charge >= 0.3 is 0 Å². The Kier molecular flexibility index (Phi) is 7.43. The van der Waals surface area contributed by atoms with E-state index in [4.69, 9.17) is 13.3 Å². The van der Waals surface area contributed by atoms with Crippen molar-refractivity contribution >= 4 is 22.9 Å². The first-order valence-electron chi connectivity index (χ1n) is 5.56. The average molecular weight is 324 g/mol. The first kappa shape index (κ1) is 19.8. The topological polar surface area (TPSA) is 170 Å². The minimum absolute atomic E-state index is 0. The normalized spacial score (nSPS) is 11.2. The molecule has 7 nitrogen and oxygen atoms in total. The van der Waals surface area contributed by atoms with Crippen LogP contribution in [-0.2, 0) is 11.4 Å². The Morgan fingerprint density at radius 2 is 0.818 bits per heavy atom. The van der Waals surface area contributed by atoms with Crippen molar-refractivity contribution in [1.82, 2.24) is 12.3 Å². The van der Waals surface area contributed by atoms with Crippen molar-refractivity contribution < 1.29 is 22.9 Å². The van der Waals surface area contributed by atoms with Gasteiger partial charge in [0.1, 0.15) is 0 Å². The van der Waals surface area contributed by atoms with Gasteiger partial charge in [0.25, 0.3) is 0 Å². The van der Waals surface area contributed by atoms with Gasteiger partial charge in [-0.15, -0.1) is 11.4 Å². The lowest BCUT2D eigenvalue weighted by Crippen LogP contribution is -2.20. The second-order valence-electron chi connectivity index (χ2n) is 3.95. The quantitative estimate of drug-likeness (QED) is 0.602. The monoisotopic (exact) mass is 324 g/mol. The highest BCUT2D eigenvalue weighted by Gasteiger charge is 2.28. The fourth-order valence-corrected chi connectivity index (χ4v) is 2.05. The molecule has 0 saturated carbocycles. The van der Waals surface area contributed by atoms with Gasteiger partial charge in [-0.2, -0.15) is 0 Å². The molecule has 1 aliphatic rings. The largest absolute Gasteiger partial charge is 0.784 e. The highest BCUT2D eigenvalue weighted by atomic mass is 32.2. The van der Waals surface area contributed by atoms with Gasteiger partial charge in [-0.3, -0.25) is 13.8 Å². The Balaban J connectivity index is 0.000000665. The number of carbonyl (C=O) groups is 2. The third kappa shape index (κ3) is 3.91. The van der Waals surface area contributed by atoms with Crippen LogP contribution in [0.4, 0.5) is 0 Å². The Morgan fingerprint density at radius 1 is 0.636 bits per heavy atom. The molecule has 0 aliphatic heterocycles. The number of hydrogen-bond acceptors (Lipinski definition) is 5. The van der Waals surface area contributed by atoms with Crippen LogP contribution in [0.2, 0.25) is 0 Å². The first-order chi connectivity index (χ1) is 9.52. The molecule has 3 rings (SSSR count). The SMILES string of the molecule is O=C1c2ccccc2C(=O)c2ccccc21.O=S([O-])[O-].[NH4+].[NH4+]. The van der Waals surface area contributed by atoms with Crippen LogP contribution in [-0.4, -0.2) is 24.9 Å². The minimum Gasteiger partial charge on any atom is -0.784 e. The van der Waals surface area contributed by atoms with E-state index < -0.39 is 11.4 Å². The first-order valence-corrected chi connectivity index (χ1v) is 6.56. The molecular weight excluding hydrogens is 308 g/mol. The molecule has 0 spiro atoms. The molecule has 0 heterocycles. The zero-order valence-corrected chi connectivity index (χ0v) is 12.9. The minimum atomic E-state index is -3.11. The average Bonchev–Trinajstić information content (AvgIpc) is 2.44. The van der Waals surface area contributed by atoms with E-state index in [1.54, 1.807) is 48.5 Å². The fourth-order valence-electron chi connectivity index (χ4n) is 2.05. The molecule has 0 atom stereocenters. The smallest absolute Gasteiger partial charge is 0.194 e. The van der Waals surface area contributed by atoms with Gasteiger partial charge in [-0.25, -0.2) is 0 Å². The molecule has 2 aromatic rings. The molecule has 0 unspecified atom stereocenters. The van der Waals surface area contributed by atoms with Crippen LogP contribution >= 0.6 is 0 Å². The summed E-state index contributed by atoms with van der Waals surface area (Å²) in [5, 5.41) is 0. The van der Waals surface area contributed by atoms with Crippen molar-refractivity contribution in [3.8, 4) is 0 Å². The van der Waals surface area contributed by atoms with Crippen LogP contribution in [0.25, 0.3) is 0 Å². The van der Waals surface area contributed by atoms with Gasteiger partial charge in [-0.1, -0.05) is 48.5 Å². The molecule has 0 saturated heterocycles. The Labute approximate surface area is 129 Å². The van der Waals surface area contributed by atoms with Crippen molar-refractivity contribution in [2.24, 2.45) is 0 Å². The molecule has 0 aromatic heterocycles. The molecule has 0 bridgehead atoms. The Bertz CT molecular complexity index is 608. The van der Waals surface area contributed by atoms with Gasteiger partial charge in [0.2, 0.25) is 0 Å². The lowest BCUT2D eigenvalue weighted by molar-refractivity contribution is 0.0979. The standard InChI is InChI=1S/C14H8O2.2H3N.H2O3S/c15-13-9-5-1-2-6-10(9)14(16)12-8-4-3-7-11(12)13;;;1-4(2)3/h1-8H;2*1H3;(H2,1,2,3). The second-order valence-corrected chi connectivity index (χ2v) is 4.36. The summed E-state index contributed by atoms with van der Waals surface area (Å²) in [5.41, 5.74) is 2.02. The summed E-state index contributed by atoms with van der Waals surface area (Å²) in [6.45, 7) is 0. The van der Waals surface area contributed by atoms with E-state index in [2.05, 4.69) is 0 Å². The van der Waals surface area contributed by atoms with Crippen LogP contribution in [0, 0.1) is 0 Å². The van der Waals surface area contributed by atoms with E-state index >= 15 is 0 Å². The maximum absolute atomic E-state index is 12.1. The maximum atomic E-state index is 12.1. The molecule has 1 aliphatic carbocycles. The number of benzene rings is 2. The molecule has 8 N–H and O–H groups in total. The molecule has 0 fully saturated rings. The van der Waals surface area contributed by atoms with E-state index in [-0.39, 0.29) is 23.9 Å². The molecule has 0 radical (unpaired) electrons. The molecule has 22 heavy (non-hydrogen) atoms. The summed E-state index contributed by atoms with van der Waals surface area (Å²) in [6, 6.07) is 13.9. The van der Waals surface area contributed by atoms with Crippen molar-refractivity contribution in [2.75, 3.05) is 0 Å². The van der Waals surface area contributed by atoms with Gasteiger partial charge in [0, 0.05) is 22.3 Å². The lowest BCUT2D eigenvalue weighted by Gasteiger charge is -2.16. The summed E-state index contributed by atoms with van der Waals surface area (Å²) in [6.07, 6.45) is 0. The number of rotatable bonds is 0. The number of hydrogen-bond donors (Lipinski definition) is 2. The summed E-state index contributed by atoms with van der Waals surface area (Å²) in [5.74, 6) is -0.128. The van der Waals surface area contributed by atoms with Crippen molar-refractivity contribution in [1.29, 1.82) is 0 Å². The number of fused-ring (bicyclic) bond motifs is 2. The molecule has 2 aromatic carbocycles. The van der Waals surface area contributed by atoms with Crippen molar-refractivity contribution in [2.45, 2.75) is 0 Å². The maximum Gasteiger partial charge on any atom is 0.194 e. The Morgan fingerprint density at radius 3 is 1.00 bits per heavy atom.